The van der Waals surface area contributed by atoms with Crippen LogP contribution in [0.1, 0.15) is 29.6 Å². The van der Waals surface area contributed by atoms with Gasteiger partial charge in [-0.15, -0.1) is 0 Å². The highest BCUT2D eigenvalue weighted by Gasteiger charge is 2.22. The van der Waals surface area contributed by atoms with Crippen molar-refractivity contribution in [2.45, 2.75) is 24.2 Å². The minimum Gasteiger partial charge on any atom is -0.495 e. The second kappa shape index (κ2) is 10.1. The Morgan fingerprint density at radius 1 is 1.20 bits per heavy atom. The van der Waals surface area contributed by atoms with Gasteiger partial charge in [0, 0.05) is 25.3 Å². The molecule has 1 amide bonds. The van der Waals surface area contributed by atoms with Gasteiger partial charge in [-0.05, 0) is 55.5 Å². The Kier molecular flexibility index (Phi) is 7.58. The summed E-state index contributed by atoms with van der Waals surface area (Å²) in [4.78, 5) is 12.2. The van der Waals surface area contributed by atoms with E-state index in [1.165, 1.54) is 38.2 Å². The van der Waals surface area contributed by atoms with Gasteiger partial charge in [0.25, 0.3) is 15.9 Å². The third kappa shape index (κ3) is 6.10. The summed E-state index contributed by atoms with van der Waals surface area (Å²) in [5.41, 5.74) is 0.482. The van der Waals surface area contributed by atoms with Crippen molar-refractivity contribution in [3.05, 3.63) is 53.1 Å². The number of anilines is 1. The number of hydrogen-bond acceptors (Lipinski definition) is 5. The van der Waals surface area contributed by atoms with Gasteiger partial charge in [-0.2, -0.15) is 0 Å². The molecule has 30 heavy (non-hydrogen) atoms. The zero-order valence-corrected chi connectivity index (χ0v) is 18.3. The van der Waals surface area contributed by atoms with Crippen molar-refractivity contribution in [1.82, 2.24) is 5.32 Å². The lowest BCUT2D eigenvalue weighted by Gasteiger charge is -2.13. The second-order valence-electron chi connectivity index (χ2n) is 7.08. The number of carbonyl (C=O) groups excluding carboxylic acids is 1. The second-order valence-corrected chi connectivity index (χ2v) is 9.14. The highest BCUT2D eigenvalue weighted by Crippen LogP contribution is 2.30. The fraction of sp³-hybridized carbons (Fsp3) is 0.381. The van der Waals surface area contributed by atoms with Gasteiger partial charge in [-0.25, -0.2) is 8.42 Å². The van der Waals surface area contributed by atoms with Gasteiger partial charge in [-0.3, -0.25) is 9.52 Å². The van der Waals surface area contributed by atoms with E-state index < -0.39 is 10.0 Å². The first-order chi connectivity index (χ1) is 14.4. The predicted octanol–water partition coefficient (Wildman–Crippen LogP) is 3.70. The predicted molar refractivity (Wildman–Crippen MR) is 116 cm³/mol. The molecule has 2 aromatic rings. The molecule has 1 aliphatic carbocycles. The van der Waals surface area contributed by atoms with Crippen LogP contribution in [0.15, 0.2) is 47.4 Å². The number of carbonyl (C=O) groups is 1. The number of para-hydroxylation sites is 2. The van der Waals surface area contributed by atoms with E-state index in [4.69, 9.17) is 21.1 Å². The third-order valence-corrected chi connectivity index (χ3v) is 6.48. The Hall–Kier alpha value is -2.29. The molecule has 1 saturated carbocycles. The van der Waals surface area contributed by atoms with Crippen molar-refractivity contribution in [3.8, 4) is 5.75 Å². The fourth-order valence-corrected chi connectivity index (χ4v) is 4.39. The highest BCUT2D eigenvalue weighted by atomic mass is 35.5. The van der Waals surface area contributed by atoms with Gasteiger partial charge in [0.15, 0.2) is 0 Å². The number of rotatable bonds is 11. The Morgan fingerprint density at radius 3 is 2.70 bits per heavy atom. The van der Waals surface area contributed by atoms with Gasteiger partial charge in [-0.1, -0.05) is 23.7 Å². The fourth-order valence-electron chi connectivity index (χ4n) is 2.79. The molecule has 162 valence electrons. The molecule has 7 nitrogen and oxygen atoms in total. The average molecular weight is 453 g/mol. The SMILES string of the molecule is COc1ccccc1NS(=O)(=O)c1cc(C(=O)NCCCOCC2CC2)ccc1Cl. The van der Waals surface area contributed by atoms with Gasteiger partial charge in [0.2, 0.25) is 0 Å². The Morgan fingerprint density at radius 2 is 1.97 bits per heavy atom. The molecule has 0 saturated heterocycles. The molecule has 9 heteroatoms. The minimum absolute atomic E-state index is 0.0161. The molecule has 0 aliphatic heterocycles. The van der Waals surface area contributed by atoms with Crippen LogP contribution in [0.4, 0.5) is 5.69 Å². The Bertz CT molecular complexity index is 993. The monoisotopic (exact) mass is 452 g/mol. The number of methoxy groups -OCH3 is 1. The average Bonchev–Trinajstić information content (AvgIpc) is 3.55. The smallest absolute Gasteiger partial charge is 0.263 e. The van der Waals surface area contributed by atoms with Crippen LogP contribution in [-0.2, 0) is 14.8 Å². The molecular formula is C21H25ClN2O5S. The number of ether oxygens (including phenoxy) is 2. The van der Waals surface area contributed by atoms with Crippen LogP contribution in [0.5, 0.6) is 5.75 Å². The molecule has 0 aromatic heterocycles. The number of nitrogens with one attached hydrogen (secondary N) is 2. The van der Waals surface area contributed by atoms with E-state index >= 15 is 0 Å². The maximum absolute atomic E-state index is 12.9. The van der Waals surface area contributed by atoms with Crippen molar-refractivity contribution in [2.75, 3.05) is 31.6 Å². The van der Waals surface area contributed by atoms with Gasteiger partial charge >= 0.3 is 0 Å². The van der Waals surface area contributed by atoms with E-state index in [1.807, 2.05) is 0 Å². The molecule has 0 unspecified atom stereocenters. The van der Waals surface area contributed by atoms with E-state index in [0.29, 0.717) is 31.2 Å². The van der Waals surface area contributed by atoms with Crippen molar-refractivity contribution in [1.29, 1.82) is 0 Å². The van der Waals surface area contributed by atoms with Crippen molar-refractivity contribution in [2.24, 2.45) is 5.92 Å². The molecule has 0 bridgehead atoms. The molecule has 2 N–H and O–H groups in total. The van der Waals surface area contributed by atoms with Crippen LogP contribution in [0.2, 0.25) is 5.02 Å². The largest absolute Gasteiger partial charge is 0.495 e. The summed E-state index contributed by atoms with van der Waals surface area (Å²) in [7, 11) is -2.58. The number of benzene rings is 2. The van der Waals surface area contributed by atoms with E-state index in [-0.39, 0.29) is 27.1 Å². The lowest BCUT2D eigenvalue weighted by Crippen LogP contribution is -2.26. The zero-order valence-electron chi connectivity index (χ0n) is 16.7. The Balaban J connectivity index is 1.63. The molecule has 0 heterocycles. The van der Waals surface area contributed by atoms with Crippen LogP contribution < -0.4 is 14.8 Å². The van der Waals surface area contributed by atoms with E-state index in [2.05, 4.69) is 10.0 Å². The quantitative estimate of drug-likeness (QED) is 0.507. The van der Waals surface area contributed by atoms with E-state index in [1.54, 1.807) is 24.3 Å². The summed E-state index contributed by atoms with van der Waals surface area (Å²) >= 11 is 6.12. The van der Waals surface area contributed by atoms with Gasteiger partial charge in [0.1, 0.15) is 10.6 Å². The molecule has 1 fully saturated rings. The summed E-state index contributed by atoms with van der Waals surface area (Å²) in [5, 5.41) is 2.79. The summed E-state index contributed by atoms with van der Waals surface area (Å²) in [6, 6.07) is 10.8. The maximum Gasteiger partial charge on any atom is 0.263 e. The summed E-state index contributed by atoms with van der Waals surface area (Å²) in [6.45, 7) is 1.80. The minimum atomic E-state index is -4.03. The number of sulfonamides is 1. The molecule has 2 aromatic carbocycles. The Labute approximate surface area is 181 Å². The number of halogens is 1. The zero-order chi connectivity index (χ0) is 21.6. The third-order valence-electron chi connectivity index (χ3n) is 4.64. The number of amides is 1. The molecular weight excluding hydrogens is 428 g/mol. The lowest BCUT2D eigenvalue weighted by atomic mass is 10.2. The van der Waals surface area contributed by atoms with Crippen LogP contribution in [0.25, 0.3) is 0 Å². The first-order valence-corrected chi connectivity index (χ1v) is 11.6. The van der Waals surface area contributed by atoms with Crippen molar-refractivity contribution in [3.63, 3.8) is 0 Å². The maximum atomic E-state index is 12.9. The summed E-state index contributed by atoms with van der Waals surface area (Å²) in [5.74, 6) is 0.705. The summed E-state index contributed by atoms with van der Waals surface area (Å²) < 4.78 is 38.9. The van der Waals surface area contributed by atoms with Crippen LogP contribution in [-0.4, -0.2) is 41.2 Å². The standard InChI is InChI=1S/C21H25ClN2O5S/c1-28-19-6-3-2-5-18(19)24-30(26,27)20-13-16(9-10-17(20)22)21(25)23-11-4-12-29-14-15-7-8-15/h2-3,5-6,9-10,13,15,24H,4,7-8,11-12,14H2,1H3,(H,23,25). The molecule has 0 spiro atoms. The topological polar surface area (TPSA) is 93.7 Å². The lowest BCUT2D eigenvalue weighted by molar-refractivity contribution is 0.0937. The van der Waals surface area contributed by atoms with Crippen molar-refractivity contribution < 1.29 is 22.7 Å². The van der Waals surface area contributed by atoms with Gasteiger partial charge in [0.05, 0.1) is 17.8 Å². The normalized spacial score (nSPS) is 13.7. The molecule has 0 atom stereocenters. The number of hydrogen-bond donors (Lipinski definition) is 2. The first kappa shape index (κ1) is 22.4. The van der Waals surface area contributed by atoms with Crippen LogP contribution >= 0.6 is 11.6 Å². The van der Waals surface area contributed by atoms with Crippen LogP contribution in [0, 0.1) is 5.92 Å². The van der Waals surface area contributed by atoms with Crippen molar-refractivity contribution >= 4 is 33.2 Å². The first-order valence-electron chi connectivity index (χ1n) is 9.72. The molecule has 0 radical (unpaired) electrons. The van der Waals surface area contributed by atoms with Gasteiger partial charge < -0.3 is 14.8 Å². The molecule has 3 rings (SSSR count). The summed E-state index contributed by atoms with van der Waals surface area (Å²) in [6.07, 6.45) is 3.17. The highest BCUT2D eigenvalue weighted by molar-refractivity contribution is 7.92. The van der Waals surface area contributed by atoms with E-state index in [0.717, 1.165) is 6.61 Å². The molecule has 1 aliphatic rings. The van der Waals surface area contributed by atoms with Crippen LogP contribution in [0.3, 0.4) is 0 Å². The van der Waals surface area contributed by atoms with E-state index in [9.17, 15) is 13.2 Å².